The van der Waals surface area contributed by atoms with E-state index in [1.54, 1.807) is 6.20 Å². The van der Waals surface area contributed by atoms with Gasteiger partial charge in [-0.2, -0.15) is 10.2 Å². The largest absolute Gasteiger partial charge is 0.304 e. The highest BCUT2D eigenvalue weighted by Crippen LogP contribution is 2.32. The molecule has 1 aromatic carbocycles. The van der Waals surface area contributed by atoms with Crippen LogP contribution in [-0.2, 0) is 0 Å². The van der Waals surface area contributed by atoms with Gasteiger partial charge < -0.3 is 5.32 Å². The lowest BCUT2D eigenvalue weighted by molar-refractivity contribution is 0.102. The van der Waals surface area contributed by atoms with Crippen LogP contribution < -0.4 is 5.32 Å². The third kappa shape index (κ3) is 2.95. The fraction of sp³-hybridized carbons (Fsp3) is 0.316. The van der Waals surface area contributed by atoms with Crippen molar-refractivity contribution in [1.82, 2.24) is 20.0 Å². The Bertz CT molecular complexity index is 920. The number of hydrogen-bond donors (Lipinski definition) is 2. The zero-order valence-corrected chi connectivity index (χ0v) is 14.4. The van der Waals surface area contributed by atoms with Gasteiger partial charge in [0.25, 0.3) is 5.91 Å². The topological polar surface area (TPSA) is 75.6 Å². The number of aromatic nitrogens is 4. The average molecular weight is 335 g/mol. The quantitative estimate of drug-likeness (QED) is 0.760. The molecule has 0 spiro atoms. The third-order valence-electron chi connectivity index (χ3n) is 4.80. The van der Waals surface area contributed by atoms with E-state index in [9.17, 15) is 4.79 Å². The molecule has 3 aromatic rings. The van der Waals surface area contributed by atoms with Gasteiger partial charge in [0.1, 0.15) is 0 Å². The molecule has 6 nitrogen and oxygen atoms in total. The molecule has 2 N–H and O–H groups in total. The Kier molecular flexibility index (Phi) is 3.87. The highest BCUT2D eigenvalue weighted by molar-refractivity contribution is 6.05. The van der Waals surface area contributed by atoms with E-state index in [0.29, 0.717) is 17.4 Å². The van der Waals surface area contributed by atoms with E-state index in [0.717, 1.165) is 35.2 Å². The van der Waals surface area contributed by atoms with E-state index in [2.05, 4.69) is 26.7 Å². The number of nitrogens with one attached hydrogen (secondary N) is 2. The second-order valence-corrected chi connectivity index (χ2v) is 6.69. The van der Waals surface area contributed by atoms with Crippen molar-refractivity contribution in [3.8, 4) is 11.1 Å². The monoisotopic (exact) mass is 335 g/mol. The molecule has 1 aliphatic rings. The van der Waals surface area contributed by atoms with Gasteiger partial charge in [-0.3, -0.25) is 14.6 Å². The molecule has 25 heavy (non-hydrogen) atoms. The van der Waals surface area contributed by atoms with Gasteiger partial charge in [-0.05, 0) is 38.7 Å². The van der Waals surface area contributed by atoms with Gasteiger partial charge in [0.05, 0.1) is 17.8 Å². The summed E-state index contributed by atoms with van der Waals surface area (Å²) in [5, 5.41) is 14.5. The van der Waals surface area contributed by atoms with Gasteiger partial charge in [0.2, 0.25) is 0 Å². The minimum Gasteiger partial charge on any atom is -0.304 e. The standard InChI is InChI=1S/C19H21N5O/c1-12-5-3-6-14(9-12)17-13(2)22-23-18(17)21-19(25)15-10-20-24(11-15)16-7-4-8-16/h3,5-6,9-11,16H,4,7-8H2,1-2H3,(H2,21,22,23,25). The zero-order chi connectivity index (χ0) is 17.4. The third-order valence-corrected chi connectivity index (χ3v) is 4.80. The minimum absolute atomic E-state index is 0.189. The number of H-pyrrole nitrogens is 1. The normalized spacial score (nSPS) is 14.3. The van der Waals surface area contributed by atoms with Gasteiger partial charge in [0.15, 0.2) is 5.82 Å². The van der Waals surface area contributed by atoms with Crippen molar-refractivity contribution in [2.75, 3.05) is 5.32 Å². The van der Waals surface area contributed by atoms with E-state index < -0.39 is 0 Å². The van der Waals surface area contributed by atoms with Crippen LogP contribution in [0, 0.1) is 13.8 Å². The number of amides is 1. The Labute approximate surface area is 146 Å². The number of hydrogen-bond acceptors (Lipinski definition) is 3. The van der Waals surface area contributed by atoms with Crippen LogP contribution in [0.1, 0.15) is 46.9 Å². The first-order valence-corrected chi connectivity index (χ1v) is 8.59. The summed E-state index contributed by atoms with van der Waals surface area (Å²) >= 11 is 0. The number of rotatable bonds is 4. The molecule has 0 aliphatic heterocycles. The molecular formula is C19H21N5O. The number of aromatic amines is 1. The number of anilines is 1. The Morgan fingerprint density at radius 1 is 1.32 bits per heavy atom. The van der Waals surface area contributed by atoms with E-state index in [4.69, 9.17) is 0 Å². The summed E-state index contributed by atoms with van der Waals surface area (Å²) in [7, 11) is 0. The minimum atomic E-state index is -0.189. The second kappa shape index (κ2) is 6.20. The molecule has 1 fully saturated rings. The van der Waals surface area contributed by atoms with E-state index in [1.165, 1.54) is 6.42 Å². The Balaban J connectivity index is 1.58. The van der Waals surface area contributed by atoms with E-state index in [-0.39, 0.29) is 5.91 Å². The maximum Gasteiger partial charge on any atom is 0.260 e. The first kappa shape index (κ1) is 15.6. The molecule has 0 saturated heterocycles. The molecule has 4 rings (SSSR count). The van der Waals surface area contributed by atoms with Crippen LogP contribution in [0.3, 0.4) is 0 Å². The van der Waals surface area contributed by atoms with Gasteiger partial charge in [0, 0.05) is 17.5 Å². The molecule has 6 heteroatoms. The van der Waals surface area contributed by atoms with Gasteiger partial charge >= 0.3 is 0 Å². The van der Waals surface area contributed by atoms with Crippen molar-refractivity contribution in [2.24, 2.45) is 0 Å². The predicted molar refractivity (Wildman–Crippen MR) is 96.6 cm³/mol. The zero-order valence-electron chi connectivity index (χ0n) is 14.4. The van der Waals surface area contributed by atoms with E-state index >= 15 is 0 Å². The van der Waals surface area contributed by atoms with Gasteiger partial charge in [-0.25, -0.2) is 0 Å². The highest BCUT2D eigenvalue weighted by Gasteiger charge is 2.22. The summed E-state index contributed by atoms with van der Waals surface area (Å²) in [5.74, 6) is 0.357. The van der Waals surface area contributed by atoms with Crippen LogP contribution in [0.4, 0.5) is 5.82 Å². The molecule has 2 aromatic heterocycles. The lowest BCUT2D eigenvalue weighted by Crippen LogP contribution is -2.17. The van der Waals surface area contributed by atoms with Crippen LogP contribution >= 0.6 is 0 Å². The first-order valence-electron chi connectivity index (χ1n) is 8.59. The SMILES string of the molecule is Cc1cccc(-c2c(NC(=O)c3cnn(C4CCC4)c3)n[nH]c2C)c1. The number of carbonyl (C=O) groups is 1. The van der Waals surface area contributed by atoms with Crippen LogP contribution in [0.2, 0.25) is 0 Å². The molecule has 128 valence electrons. The summed E-state index contributed by atoms with van der Waals surface area (Å²) in [6.07, 6.45) is 6.96. The molecule has 1 aliphatic carbocycles. The van der Waals surface area contributed by atoms with E-state index in [1.807, 2.05) is 42.9 Å². The molecule has 1 amide bonds. The van der Waals surface area contributed by atoms with Crippen molar-refractivity contribution >= 4 is 11.7 Å². The Morgan fingerprint density at radius 3 is 2.88 bits per heavy atom. The second-order valence-electron chi connectivity index (χ2n) is 6.69. The maximum atomic E-state index is 12.6. The summed E-state index contributed by atoms with van der Waals surface area (Å²) in [4.78, 5) is 12.6. The molecule has 2 heterocycles. The number of carbonyl (C=O) groups excluding carboxylic acids is 1. The number of benzene rings is 1. The maximum absolute atomic E-state index is 12.6. The highest BCUT2D eigenvalue weighted by atomic mass is 16.1. The number of nitrogens with zero attached hydrogens (tertiary/aromatic N) is 3. The molecule has 0 radical (unpaired) electrons. The molecule has 1 saturated carbocycles. The smallest absolute Gasteiger partial charge is 0.260 e. The molecule has 0 unspecified atom stereocenters. The average Bonchev–Trinajstić information content (AvgIpc) is 3.13. The van der Waals surface area contributed by atoms with Crippen LogP contribution in [0.15, 0.2) is 36.7 Å². The summed E-state index contributed by atoms with van der Waals surface area (Å²) < 4.78 is 1.90. The fourth-order valence-electron chi connectivity index (χ4n) is 3.16. The van der Waals surface area contributed by atoms with Crippen molar-refractivity contribution < 1.29 is 4.79 Å². The molecule has 0 bridgehead atoms. The summed E-state index contributed by atoms with van der Waals surface area (Å²) in [6.45, 7) is 4.00. The lowest BCUT2D eigenvalue weighted by atomic mass is 9.93. The molecular weight excluding hydrogens is 314 g/mol. The Morgan fingerprint density at radius 2 is 2.16 bits per heavy atom. The lowest BCUT2D eigenvalue weighted by Gasteiger charge is -2.25. The number of aryl methyl sites for hydroxylation is 2. The van der Waals surface area contributed by atoms with Crippen LogP contribution in [-0.4, -0.2) is 25.9 Å². The molecule has 0 atom stereocenters. The van der Waals surface area contributed by atoms with Gasteiger partial charge in [-0.15, -0.1) is 0 Å². The van der Waals surface area contributed by atoms with Crippen molar-refractivity contribution in [3.05, 3.63) is 53.5 Å². The predicted octanol–water partition coefficient (Wildman–Crippen LogP) is 3.87. The van der Waals surface area contributed by atoms with Crippen molar-refractivity contribution in [2.45, 2.75) is 39.2 Å². The first-order chi connectivity index (χ1) is 12.1. The Hall–Kier alpha value is -2.89. The van der Waals surface area contributed by atoms with Crippen molar-refractivity contribution in [1.29, 1.82) is 0 Å². The summed E-state index contributed by atoms with van der Waals surface area (Å²) in [6, 6.07) is 8.60. The summed E-state index contributed by atoms with van der Waals surface area (Å²) in [5.41, 5.74) is 4.60. The fourth-order valence-corrected chi connectivity index (χ4v) is 3.16. The van der Waals surface area contributed by atoms with Crippen LogP contribution in [0.25, 0.3) is 11.1 Å². The van der Waals surface area contributed by atoms with Crippen LogP contribution in [0.5, 0.6) is 0 Å². The van der Waals surface area contributed by atoms with Gasteiger partial charge in [-0.1, -0.05) is 29.8 Å². The van der Waals surface area contributed by atoms with Crippen molar-refractivity contribution in [3.63, 3.8) is 0 Å².